The minimum atomic E-state index is -4.01. The molecule has 3 rings (SSSR count). The van der Waals surface area contributed by atoms with Crippen LogP contribution in [0, 0.1) is 6.92 Å². The maximum absolute atomic E-state index is 13.2. The third-order valence-electron chi connectivity index (χ3n) is 5.02. The number of hydrogen-bond acceptors (Lipinski definition) is 7. The maximum atomic E-state index is 13.2. The fourth-order valence-electron chi connectivity index (χ4n) is 3.44. The molecule has 8 heteroatoms. The summed E-state index contributed by atoms with van der Waals surface area (Å²) in [5, 5.41) is 19.3. The summed E-state index contributed by atoms with van der Waals surface area (Å²) in [5.41, 5.74) is 1.77. The average Bonchev–Trinajstić information content (AvgIpc) is 2.73. The van der Waals surface area contributed by atoms with E-state index in [1.807, 2.05) is 37.3 Å². The Bertz CT molecular complexity index is 883. The summed E-state index contributed by atoms with van der Waals surface area (Å²) < 4.78 is 43.2. The number of aliphatic hydroxyl groups excluding tert-OH is 2. The standard InChI is InChI=1S/C21H26O7S/c1-14-8-10-16(11-9-14)29(24,25)20-17(12-22)28-21(26-2)19(18(20)23)27-13-15-6-4-3-5-7-15/h3-11,17-23H,12-13H2,1-2H3. The smallest absolute Gasteiger partial charge is 0.186 e. The Balaban J connectivity index is 1.89. The first-order valence-electron chi connectivity index (χ1n) is 9.31. The number of benzene rings is 2. The van der Waals surface area contributed by atoms with Gasteiger partial charge < -0.3 is 24.4 Å². The van der Waals surface area contributed by atoms with E-state index in [4.69, 9.17) is 14.2 Å². The van der Waals surface area contributed by atoms with Gasteiger partial charge in [0.1, 0.15) is 23.6 Å². The Morgan fingerprint density at radius 2 is 1.72 bits per heavy atom. The first-order valence-corrected chi connectivity index (χ1v) is 10.9. The SMILES string of the molecule is COC1OC(CO)C(S(=O)(=O)c2ccc(C)cc2)C(O)C1OCc1ccccc1. The molecule has 0 aromatic heterocycles. The number of ether oxygens (including phenoxy) is 3. The van der Waals surface area contributed by atoms with E-state index in [1.54, 1.807) is 12.1 Å². The summed E-state index contributed by atoms with van der Waals surface area (Å²) in [6.45, 7) is 1.41. The van der Waals surface area contributed by atoms with Crippen molar-refractivity contribution in [3.05, 3.63) is 65.7 Å². The van der Waals surface area contributed by atoms with Crippen LogP contribution in [0.2, 0.25) is 0 Å². The summed E-state index contributed by atoms with van der Waals surface area (Å²) in [6, 6.07) is 15.6. The van der Waals surface area contributed by atoms with Gasteiger partial charge in [-0.3, -0.25) is 0 Å². The van der Waals surface area contributed by atoms with Gasteiger partial charge in [0.15, 0.2) is 16.1 Å². The molecule has 5 unspecified atom stereocenters. The fraction of sp³-hybridized carbons (Fsp3) is 0.429. The molecule has 1 heterocycles. The summed E-state index contributed by atoms with van der Waals surface area (Å²) in [7, 11) is -2.63. The summed E-state index contributed by atoms with van der Waals surface area (Å²) in [6.07, 6.45) is -4.68. The molecule has 2 N–H and O–H groups in total. The van der Waals surface area contributed by atoms with Gasteiger partial charge in [0.2, 0.25) is 0 Å². The second-order valence-electron chi connectivity index (χ2n) is 7.04. The zero-order chi connectivity index (χ0) is 21.0. The lowest BCUT2D eigenvalue weighted by atomic mass is 10.0. The summed E-state index contributed by atoms with van der Waals surface area (Å²) >= 11 is 0. The number of methoxy groups -OCH3 is 1. The van der Waals surface area contributed by atoms with Gasteiger partial charge in [0, 0.05) is 7.11 Å². The predicted molar refractivity (Wildman–Crippen MR) is 106 cm³/mol. The van der Waals surface area contributed by atoms with Gasteiger partial charge in [-0.1, -0.05) is 48.0 Å². The van der Waals surface area contributed by atoms with Gasteiger partial charge in [-0.05, 0) is 24.6 Å². The van der Waals surface area contributed by atoms with Gasteiger partial charge in [0.05, 0.1) is 18.1 Å². The second-order valence-corrected chi connectivity index (χ2v) is 9.14. The van der Waals surface area contributed by atoms with E-state index in [0.717, 1.165) is 11.1 Å². The van der Waals surface area contributed by atoms with E-state index >= 15 is 0 Å². The van der Waals surface area contributed by atoms with Crippen molar-refractivity contribution in [2.75, 3.05) is 13.7 Å². The van der Waals surface area contributed by atoms with Crippen LogP contribution in [-0.2, 0) is 30.7 Å². The third-order valence-corrected chi connectivity index (χ3v) is 7.25. The first kappa shape index (κ1) is 21.9. The van der Waals surface area contributed by atoms with Crippen LogP contribution in [0.5, 0.6) is 0 Å². The van der Waals surface area contributed by atoms with Crippen molar-refractivity contribution in [1.29, 1.82) is 0 Å². The quantitative estimate of drug-likeness (QED) is 0.696. The lowest BCUT2D eigenvalue weighted by Crippen LogP contribution is -2.62. The molecule has 0 bridgehead atoms. The highest BCUT2D eigenvalue weighted by Crippen LogP contribution is 2.32. The van der Waals surface area contributed by atoms with Gasteiger partial charge in [0.25, 0.3) is 0 Å². The molecule has 0 spiro atoms. The molecule has 0 radical (unpaired) electrons. The van der Waals surface area contributed by atoms with Crippen molar-refractivity contribution in [1.82, 2.24) is 0 Å². The molecule has 1 aliphatic heterocycles. The average molecular weight is 422 g/mol. The molecular weight excluding hydrogens is 396 g/mol. The van der Waals surface area contributed by atoms with Crippen molar-refractivity contribution in [2.45, 2.75) is 48.3 Å². The highest BCUT2D eigenvalue weighted by molar-refractivity contribution is 7.92. The zero-order valence-electron chi connectivity index (χ0n) is 16.3. The minimum absolute atomic E-state index is 0.0480. The van der Waals surface area contributed by atoms with E-state index in [-0.39, 0.29) is 11.5 Å². The van der Waals surface area contributed by atoms with E-state index in [1.165, 1.54) is 19.2 Å². The van der Waals surface area contributed by atoms with Crippen LogP contribution in [0.1, 0.15) is 11.1 Å². The van der Waals surface area contributed by atoms with E-state index in [0.29, 0.717) is 0 Å². The number of rotatable bonds is 7. The van der Waals surface area contributed by atoms with Crippen LogP contribution in [-0.4, -0.2) is 62.2 Å². The number of aryl methyl sites for hydroxylation is 1. The molecule has 0 amide bonds. The molecule has 0 aliphatic carbocycles. The van der Waals surface area contributed by atoms with Crippen molar-refractivity contribution in [3.63, 3.8) is 0 Å². The molecule has 29 heavy (non-hydrogen) atoms. The van der Waals surface area contributed by atoms with Crippen LogP contribution in [0.4, 0.5) is 0 Å². The molecule has 1 fully saturated rings. The zero-order valence-corrected chi connectivity index (χ0v) is 17.2. The van der Waals surface area contributed by atoms with E-state index in [9.17, 15) is 18.6 Å². The Morgan fingerprint density at radius 3 is 2.31 bits per heavy atom. The van der Waals surface area contributed by atoms with Crippen LogP contribution in [0.3, 0.4) is 0 Å². The normalized spacial score (nSPS) is 27.7. The monoisotopic (exact) mass is 422 g/mol. The highest BCUT2D eigenvalue weighted by atomic mass is 32.2. The van der Waals surface area contributed by atoms with Crippen LogP contribution in [0.15, 0.2) is 59.5 Å². The summed E-state index contributed by atoms with van der Waals surface area (Å²) in [4.78, 5) is 0.0480. The lowest BCUT2D eigenvalue weighted by Gasteiger charge is -2.43. The predicted octanol–water partition coefficient (Wildman–Crippen LogP) is 1.45. The third kappa shape index (κ3) is 4.69. The number of hydrogen-bond donors (Lipinski definition) is 2. The maximum Gasteiger partial charge on any atom is 0.186 e. The van der Waals surface area contributed by atoms with E-state index < -0.39 is 46.3 Å². The Labute approximate surface area is 170 Å². The topological polar surface area (TPSA) is 102 Å². The Kier molecular flexibility index (Phi) is 7.05. The van der Waals surface area contributed by atoms with Gasteiger partial charge in [-0.15, -0.1) is 0 Å². The van der Waals surface area contributed by atoms with Crippen molar-refractivity contribution in [2.24, 2.45) is 0 Å². The largest absolute Gasteiger partial charge is 0.394 e. The van der Waals surface area contributed by atoms with Crippen LogP contribution in [0.25, 0.3) is 0 Å². The van der Waals surface area contributed by atoms with Crippen LogP contribution < -0.4 is 0 Å². The van der Waals surface area contributed by atoms with Crippen molar-refractivity contribution < 1.29 is 32.8 Å². The van der Waals surface area contributed by atoms with Gasteiger partial charge >= 0.3 is 0 Å². The molecule has 1 saturated heterocycles. The van der Waals surface area contributed by atoms with E-state index in [2.05, 4.69) is 0 Å². The van der Waals surface area contributed by atoms with Crippen molar-refractivity contribution in [3.8, 4) is 0 Å². The molecule has 158 valence electrons. The first-order chi connectivity index (χ1) is 13.9. The second kappa shape index (κ2) is 9.34. The fourth-order valence-corrected chi connectivity index (χ4v) is 5.35. The molecule has 5 atom stereocenters. The molecule has 1 aliphatic rings. The minimum Gasteiger partial charge on any atom is -0.394 e. The van der Waals surface area contributed by atoms with Gasteiger partial charge in [-0.2, -0.15) is 0 Å². The Hall–Kier alpha value is -1.81. The molecule has 0 saturated carbocycles. The molecule has 2 aromatic rings. The Morgan fingerprint density at radius 1 is 1.07 bits per heavy atom. The number of sulfone groups is 1. The molecule has 2 aromatic carbocycles. The van der Waals surface area contributed by atoms with Crippen molar-refractivity contribution >= 4 is 9.84 Å². The van der Waals surface area contributed by atoms with Crippen LogP contribution >= 0.6 is 0 Å². The molecule has 7 nitrogen and oxygen atoms in total. The van der Waals surface area contributed by atoms with Gasteiger partial charge in [-0.25, -0.2) is 8.42 Å². The molecular formula is C21H26O7S. The highest BCUT2D eigenvalue weighted by Gasteiger charge is 2.52. The lowest BCUT2D eigenvalue weighted by molar-refractivity contribution is -0.273. The summed E-state index contributed by atoms with van der Waals surface area (Å²) in [5.74, 6) is 0. The number of aliphatic hydroxyl groups is 2.